The van der Waals surface area contributed by atoms with E-state index in [-0.39, 0.29) is 6.61 Å². The molecule has 0 saturated carbocycles. The van der Waals surface area contributed by atoms with Gasteiger partial charge >= 0.3 is 5.97 Å². The fraction of sp³-hybridized carbons (Fsp3) is 0.158. The van der Waals surface area contributed by atoms with Gasteiger partial charge in [-0.2, -0.15) is 4.68 Å². The molecular formula is C19H15BrN4O2S. The Morgan fingerprint density at radius 1 is 1.22 bits per heavy atom. The van der Waals surface area contributed by atoms with Crippen molar-refractivity contribution in [3.8, 4) is 17.5 Å². The monoisotopic (exact) mass is 442 g/mol. The molecule has 0 aliphatic rings. The zero-order valence-corrected chi connectivity index (χ0v) is 16.8. The molecule has 8 heteroatoms. The van der Waals surface area contributed by atoms with Gasteiger partial charge in [0.15, 0.2) is 6.61 Å². The van der Waals surface area contributed by atoms with Crippen molar-refractivity contribution < 1.29 is 9.53 Å². The molecule has 1 aromatic heterocycles. The second kappa shape index (κ2) is 9.35. The maximum absolute atomic E-state index is 11.9. The molecule has 3 rings (SSSR count). The van der Waals surface area contributed by atoms with E-state index in [1.165, 1.54) is 11.8 Å². The van der Waals surface area contributed by atoms with E-state index in [0.717, 1.165) is 15.7 Å². The minimum Gasteiger partial charge on any atom is -0.449 e. The molecule has 0 aliphatic heterocycles. The second-order valence-corrected chi connectivity index (χ2v) is 7.25. The third-order valence-electron chi connectivity index (χ3n) is 3.52. The maximum Gasteiger partial charge on any atom is 0.339 e. The number of benzene rings is 2. The normalized spacial score (nSPS) is 10.1. The highest BCUT2D eigenvalue weighted by atomic mass is 79.9. The maximum atomic E-state index is 11.9. The van der Waals surface area contributed by atoms with Gasteiger partial charge < -0.3 is 4.74 Å². The van der Waals surface area contributed by atoms with Gasteiger partial charge in [-0.05, 0) is 47.2 Å². The van der Waals surface area contributed by atoms with E-state index in [1.807, 2.05) is 37.3 Å². The third kappa shape index (κ3) is 5.18. The first kappa shape index (κ1) is 19.1. The first-order valence-electron chi connectivity index (χ1n) is 8.01. The Labute approximate surface area is 169 Å². The van der Waals surface area contributed by atoms with Gasteiger partial charge in [0.05, 0.1) is 17.0 Å². The Balaban J connectivity index is 1.51. The van der Waals surface area contributed by atoms with Gasteiger partial charge in [0.2, 0.25) is 5.16 Å². The van der Waals surface area contributed by atoms with Gasteiger partial charge in [-0.15, -0.1) is 5.10 Å². The number of nitrogens with zero attached hydrogens (tertiary/aromatic N) is 4. The number of halogens is 1. The molecule has 3 aromatic rings. The zero-order chi connectivity index (χ0) is 19.1. The molecule has 0 saturated heterocycles. The quantitative estimate of drug-likeness (QED) is 0.341. The lowest BCUT2D eigenvalue weighted by Crippen LogP contribution is -2.05. The Hall–Kier alpha value is -2.63. The molecular weight excluding hydrogens is 428 g/mol. The smallest absolute Gasteiger partial charge is 0.339 e. The number of para-hydroxylation sites is 1. The fourth-order valence-electron chi connectivity index (χ4n) is 2.22. The van der Waals surface area contributed by atoms with Crippen molar-refractivity contribution in [2.75, 3.05) is 12.4 Å². The van der Waals surface area contributed by atoms with Crippen molar-refractivity contribution in [3.05, 3.63) is 64.1 Å². The van der Waals surface area contributed by atoms with E-state index < -0.39 is 5.97 Å². The predicted molar refractivity (Wildman–Crippen MR) is 107 cm³/mol. The molecule has 0 N–H and O–H groups in total. The summed E-state index contributed by atoms with van der Waals surface area (Å²) >= 11 is 4.74. The van der Waals surface area contributed by atoms with Crippen LogP contribution >= 0.6 is 27.7 Å². The van der Waals surface area contributed by atoms with Crippen molar-refractivity contribution in [2.45, 2.75) is 12.1 Å². The Bertz CT molecular complexity index is 1010. The highest BCUT2D eigenvalue weighted by Gasteiger charge is 2.10. The molecule has 27 heavy (non-hydrogen) atoms. The number of tetrazole rings is 1. The Kier molecular flexibility index (Phi) is 6.63. The average Bonchev–Trinajstić information content (AvgIpc) is 3.13. The van der Waals surface area contributed by atoms with E-state index in [4.69, 9.17) is 4.74 Å². The summed E-state index contributed by atoms with van der Waals surface area (Å²) in [4.78, 5) is 11.9. The lowest BCUT2D eigenvalue weighted by atomic mass is 10.2. The fourth-order valence-corrected chi connectivity index (χ4v) is 3.28. The number of carbonyl (C=O) groups excluding carboxylic acids is 1. The van der Waals surface area contributed by atoms with Crippen LogP contribution in [0.1, 0.15) is 15.9 Å². The molecule has 1 heterocycles. The molecule has 0 unspecified atom stereocenters. The molecule has 0 atom stereocenters. The first-order valence-corrected chi connectivity index (χ1v) is 9.78. The summed E-state index contributed by atoms with van der Waals surface area (Å²) in [6.45, 7) is 2.04. The first-order chi connectivity index (χ1) is 13.1. The number of carbonyl (C=O) groups is 1. The minimum atomic E-state index is -0.401. The molecule has 0 aliphatic carbocycles. The van der Waals surface area contributed by atoms with Gasteiger partial charge in [0.1, 0.15) is 0 Å². The van der Waals surface area contributed by atoms with Crippen molar-refractivity contribution in [1.29, 1.82) is 0 Å². The van der Waals surface area contributed by atoms with Gasteiger partial charge in [0, 0.05) is 4.47 Å². The van der Waals surface area contributed by atoms with Crippen LogP contribution in [0.5, 0.6) is 0 Å². The Morgan fingerprint density at radius 3 is 2.89 bits per heavy atom. The molecule has 6 nitrogen and oxygen atoms in total. The second-order valence-electron chi connectivity index (χ2n) is 5.39. The number of thioether (sulfide) groups is 1. The van der Waals surface area contributed by atoms with Crippen LogP contribution in [-0.2, 0) is 4.74 Å². The van der Waals surface area contributed by atoms with E-state index in [0.29, 0.717) is 16.5 Å². The zero-order valence-electron chi connectivity index (χ0n) is 14.4. The molecule has 0 amide bonds. The van der Waals surface area contributed by atoms with Gasteiger partial charge in [0.25, 0.3) is 0 Å². The van der Waals surface area contributed by atoms with Crippen LogP contribution in [0, 0.1) is 18.8 Å². The Morgan fingerprint density at radius 2 is 2.07 bits per heavy atom. The number of aromatic nitrogens is 4. The van der Waals surface area contributed by atoms with Crippen LogP contribution in [0.4, 0.5) is 0 Å². The topological polar surface area (TPSA) is 69.9 Å². The number of rotatable bonds is 5. The van der Waals surface area contributed by atoms with Crippen molar-refractivity contribution in [3.63, 3.8) is 0 Å². The lowest BCUT2D eigenvalue weighted by molar-refractivity contribution is 0.0556. The summed E-state index contributed by atoms with van der Waals surface area (Å²) in [6, 6.07) is 14.9. The number of aryl methyl sites for hydroxylation is 1. The van der Waals surface area contributed by atoms with E-state index in [2.05, 4.69) is 43.3 Å². The number of ether oxygens (including phenoxy) is 1. The third-order valence-corrected chi connectivity index (χ3v) is 4.81. The van der Waals surface area contributed by atoms with E-state index in [1.54, 1.807) is 22.9 Å². The summed E-state index contributed by atoms with van der Waals surface area (Å²) in [7, 11) is 0. The van der Waals surface area contributed by atoms with Crippen LogP contribution in [0.3, 0.4) is 0 Å². The SMILES string of the molecule is Cc1ccccc1-n1nnnc1SCC#CCOC(=O)c1cccc(Br)c1. The molecule has 0 spiro atoms. The number of hydrogen-bond acceptors (Lipinski definition) is 6. The van der Waals surface area contributed by atoms with Crippen molar-refractivity contribution in [1.82, 2.24) is 20.2 Å². The summed E-state index contributed by atoms with van der Waals surface area (Å²) in [5, 5.41) is 12.5. The van der Waals surface area contributed by atoms with Crippen molar-refractivity contribution >= 4 is 33.7 Å². The average molecular weight is 443 g/mol. The van der Waals surface area contributed by atoms with E-state index >= 15 is 0 Å². The van der Waals surface area contributed by atoms with Crippen LogP contribution in [0.25, 0.3) is 5.69 Å². The van der Waals surface area contributed by atoms with Crippen molar-refractivity contribution in [2.24, 2.45) is 0 Å². The van der Waals surface area contributed by atoms with Gasteiger partial charge in [-0.25, -0.2) is 4.79 Å². The molecule has 0 radical (unpaired) electrons. The molecule has 136 valence electrons. The molecule has 0 fully saturated rings. The van der Waals surface area contributed by atoms with Crippen LogP contribution in [0.2, 0.25) is 0 Å². The van der Waals surface area contributed by atoms with Gasteiger partial charge in [-0.3, -0.25) is 0 Å². The molecule has 2 aromatic carbocycles. The van der Waals surface area contributed by atoms with Gasteiger partial charge in [-0.1, -0.05) is 63.8 Å². The lowest BCUT2D eigenvalue weighted by Gasteiger charge is -2.05. The van der Waals surface area contributed by atoms with E-state index in [9.17, 15) is 4.79 Å². The summed E-state index contributed by atoms with van der Waals surface area (Å²) in [6.07, 6.45) is 0. The summed E-state index contributed by atoms with van der Waals surface area (Å²) in [5.74, 6) is 5.87. The predicted octanol–water partition coefficient (Wildman–Crippen LogP) is 3.69. The largest absolute Gasteiger partial charge is 0.449 e. The summed E-state index contributed by atoms with van der Waals surface area (Å²) in [5.41, 5.74) is 2.50. The number of hydrogen-bond donors (Lipinski definition) is 0. The molecule has 0 bridgehead atoms. The number of esters is 1. The van der Waals surface area contributed by atoms with Crippen LogP contribution < -0.4 is 0 Å². The van der Waals surface area contributed by atoms with Crippen LogP contribution in [0.15, 0.2) is 58.2 Å². The minimum absolute atomic E-state index is 0.0363. The highest BCUT2D eigenvalue weighted by Crippen LogP contribution is 2.19. The summed E-state index contributed by atoms with van der Waals surface area (Å²) < 4.78 is 7.66. The highest BCUT2D eigenvalue weighted by molar-refractivity contribution is 9.10. The standard InChI is InChI=1S/C19H15BrN4O2S/c1-14-7-2-3-10-17(14)24-19(21-22-23-24)27-12-5-4-11-26-18(25)15-8-6-9-16(20)13-15/h2-3,6-10,13H,11-12H2,1H3. The van der Waals surface area contributed by atoms with Crippen LogP contribution in [-0.4, -0.2) is 38.5 Å².